The Kier molecular flexibility index (Phi) is 5.29. The summed E-state index contributed by atoms with van der Waals surface area (Å²) in [4.78, 5) is 23.3. The van der Waals surface area contributed by atoms with Gasteiger partial charge in [-0.15, -0.1) is 0 Å². The molecule has 1 unspecified atom stereocenters. The summed E-state index contributed by atoms with van der Waals surface area (Å²) >= 11 is 0. The Morgan fingerprint density at radius 1 is 1.42 bits per heavy atom. The van der Waals surface area contributed by atoms with E-state index in [-0.39, 0.29) is 24.3 Å². The molecule has 0 spiro atoms. The molecule has 1 aliphatic carbocycles. The maximum Gasteiger partial charge on any atom is 0.240 e. The highest BCUT2D eigenvalue weighted by molar-refractivity contribution is 5.90. The lowest BCUT2D eigenvalue weighted by Crippen LogP contribution is -2.48. The van der Waals surface area contributed by atoms with Crippen molar-refractivity contribution in [3.05, 3.63) is 18.2 Å². The lowest BCUT2D eigenvalue weighted by molar-refractivity contribution is -0.120. The number of carbonyl (C=O) groups excluding carboxylic acids is 2. The van der Waals surface area contributed by atoms with Crippen molar-refractivity contribution in [3.63, 3.8) is 0 Å². The standard InChI is InChI=1S/C17H22N4O3/c1-11(22)20-13-6-7-15(24-3)14(8-13)19-9-16(23)21-17(2,10-18)12-4-5-12/h6-8,12,19H,4-5,9H2,1-3H3,(H,20,22)(H,21,23). The van der Waals surface area contributed by atoms with E-state index in [9.17, 15) is 14.9 Å². The second-order valence-corrected chi connectivity index (χ2v) is 6.09. The molecule has 0 aromatic heterocycles. The second-order valence-electron chi connectivity index (χ2n) is 6.09. The van der Waals surface area contributed by atoms with Gasteiger partial charge in [0.05, 0.1) is 25.4 Å². The van der Waals surface area contributed by atoms with Gasteiger partial charge in [0.1, 0.15) is 11.3 Å². The molecule has 1 aromatic carbocycles. The summed E-state index contributed by atoms with van der Waals surface area (Å²) in [7, 11) is 1.53. The third-order valence-electron chi connectivity index (χ3n) is 3.98. The normalized spacial score (nSPS) is 15.6. The van der Waals surface area contributed by atoms with Gasteiger partial charge in [0.25, 0.3) is 0 Å². The van der Waals surface area contributed by atoms with E-state index >= 15 is 0 Å². The van der Waals surface area contributed by atoms with Gasteiger partial charge in [0.15, 0.2) is 0 Å². The number of ether oxygens (including phenoxy) is 1. The van der Waals surface area contributed by atoms with E-state index in [4.69, 9.17) is 4.74 Å². The van der Waals surface area contributed by atoms with Crippen molar-refractivity contribution in [1.29, 1.82) is 5.26 Å². The van der Waals surface area contributed by atoms with Crippen LogP contribution in [-0.2, 0) is 9.59 Å². The van der Waals surface area contributed by atoms with E-state index < -0.39 is 5.54 Å². The number of nitrogens with one attached hydrogen (secondary N) is 3. The van der Waals surface area contributed by atoms with Gasteiger partial charge in [-0.05, 0) is 43.9 Å². The molecule has 1 aliphatic rings. The van der Waals surface area contributed by atoms with E-state index in [0.717, 1.165) is 12.8 Å². The zero-order chi connectivity index (χ0) is 17.7. The minimum atomic E-state index is -0.819. The lowest BCUT2D eigenvalue weighted by Gasteiger charge is -2.23. The minimum Gasteiger partial charge on any atom is -0.495 e. The highest BCUT2D eigenvalue weighted by atomic mass is 16.5. The first-order chi connectivity index (χ1) is 11.4. The summed E-state index contributed by atoms with van der Waals surface area (Å²) in [5.41, 5.74) is 0.371. The largest absolute Gasteiger partial charge is 0.495 e. The molecule has 3 N–H and O–H groups in total. The van der Waals surface area contributed by atoms with E-state index in [0.29, 0.717) is 17.1 Å². The zero-order valence-electron chi connectivity index (χ0n) is 14.1. The van der Waals surface area contributed by atoms with Crippen LogP contribution in [0, 0.1) is 17.2 Å². The highest BCUT2D eigenvalue weighted by Gasteiger charge is 2.42. The fraction of sp³-hybridized carbons (Fsp3) is 0.471. The van der Waals surface area contributed by atoms with Crippen LogP contribution in [0.1, 0.15) is 26.7 Å². The minimum absolute atomic E-state index is 0.00384. The maximum atomic E-state index is 12.2. The molecular weight excluding hydrogens is 308 g/mol. The Morgan fingerprint density at radius 3 is 2.67 bits per heavy atom. The van der Waals surface area contributed by atoms with Gasteiger partial charge in [-0.3, -0.25) is 9.59 Å². The number of carbonyl (C=O) groups is 2. The molecule has 128 valence electrons. The fourth-order valence-corrected chi connectivity index (χ4v) is 2.52. The number of anilines is 2. The molecule has 7 nitrogen and oxygen atoms in total. The van der Waals surface area contributed by atoms with Crippen molar-refractivity contribution in [3.8, 4) is 11.8 Å². The quantitative estimate of drug-likeness (QED) is 0.708. The summed E-state index contributed by atoms with van der Waals surface area (Å²) in [6.07, 6.45) is 1.93. The van der Waals surface area contributed by atoms with Crippen LogP contribution in [0.15, 0.2) is 18.2 Å². The van der Waals surface area contributed by atoms with Gasteiger partial charge >= 0.3 is 0 Å². The van der Waals surface area contributed by atoms with Crippen molar-refractivity contribution in [2.24, 2.45) is 5.92 Å². The van der Waals surface area contributed by atoms with Gasteiger partial charge in [-0.2, -0.15) is 5.26 Å². The molecule has 1 aromatic rings. The summed E-state index contributed by atoms with van der Waals surface area (Å²) in [6.45, 7) is 3.18. The lowest BCUT2D eigenvalue weighted by atomic mass is 9.98. The van der Waals surface area contributed by atoms with E-state index in [1.54, 1.807) is 25.1 Å². The average molecular weight is 330 g/mol. The molecule has 24 heavy (non-hydrogen) atoms. The molecule has 0 saturated heterocycles. The SMILES string of the molecule is COc1ccc(NC(C)=O)cc1NCC(=O)NC(C)(C#N)C1CC1. The highest BCUT2D eigenvalue weighted by Crippen LogP contribution is 2.39. The molecule has 7 heteroatoms. The van der Waals surface area contributed by atoms with E-state index in [1.165, 1.54) is 14.0 Å². The first-order valence-corrected chi connectivity index (χ1v) is 7.79. The van der Waals surface area contributed by atoms with E-state index in [1.807, 2.05) is 0 Å². The molecule has 0 bridgehead atoms. The number of rotatable bonds is 7. The summed E-state index contributed by atoms with van der Waals surface area (Å²) in [5.74, 6) is 0.335. The molecule has 2 amide bonds. The van der Waals surface area contributed by atoms with Gasteiger partial charge < -0.3 is 20.7 Å². The maximum absolute atomic E-state index is 12.2. The molecule has 0 heterocycles. The first kappa shape index (κ1) is 17.6. The summed E-state index contributed by atoms with van der Waals surface area (Å²) in [6, 6.07) is 7.30. The Hall–Kier alpha value is -2.75. The van der Waals surface area contributed by atoms with Crippen LogP contribution in [0.4, 0.5) is 11.4 Å². The van der Waals surface area contributed by atoms with Crippen molar-refractivity contribution in [2.45, 2.75) is 32.2 Å². The van der Waals surface area contributed by atoms with Gasteiger partial charge in [-0.25, -0.2) is 0 Å². The van der Waals surface area contributed by atoms with Crippen molar-refractivity contribution in [2.75, 3.05) is 24.3 Å². The summed E-state index contributed by atoms with van der Waals surface area (Å²) < 4.78 is 5.25. The number of amides is 2. The average Bonchev–Trinajstić information content (AvgIpc) is 3.37. The van der Waals surface area contributed by atoms with Gasteiger partial charge in [0.2, 0.25) is 11.8 Å². The first-order valence-electron chi connectivity index (χ1n) is 7.79. The number of methoxy groups -OCH3 is 1. The van der Waals surface area contributed by atoms with Crippen molar-refractivity contribution in [1.82, 2.24) is 5.32 Å². The van der Waals surface area contributed by atoms with Crippen LogP contribution in [0.3, 0.4) is 0 Å². The Balaban J connectivity index is 2.00. The number of hydrogen-bond donors (Lipinski definition) is 3. The second kappa shape index (κ2) is 7.21. The topological polar surface area (TPSA) is 103 Å². The van der Waals surface area contributed by atoms with Crippen LogP contribution >= 0.6 is 0 Å². The predicted molar refractivity (Wildman–Crippen MR) is 90.7 cm³/mol. The Bertz CT molecular complexity index is 679. The number of nitrogens with zero attached hydrogens (tertiary/aromatic N) is 1. The molecular formula is C17H22N4O3. The van der Waals surface area contributed by atoms with Gasteiger partial charge in [0, 0.05) is 12.6 Å². The number of hydrogen-bond acceptors (Lipinski definition) is 5. The van der Waals surface area contributed by atoms with Crippen LogP contribution in [0.5, 0.6) is 5.75 Å². The third kappa shape index (κ3) is 4.38. The predicted octanol–water partition coefficient (Wildman–Crippen LogP) is 1.87. The number of nitriles is 1. The fourth-order valence-electron chi connectivity index (χ4n) is 2.52. The van der Waals surface area contributed by atoms with Crippen LogP contribution < -0.4 is 20.7 Å². The molecule has 1 saturated carbocycles. The zero-order valence-corrected chi connectivity index (χ0v) is 14.1. The van der Waals surface area contributed by atoms with Crippen LogP contribution in [-0.4, -0.2) is 31.0 Å². The number of benzene rings is 1. The molecule has 1 fully saturated rings. The van der Waals surface area contributed by atoms with Crippen molar-refractivity contribution >= 4 is 23.2 Å². The van der Waals surface area contributed by atoms with Gasteiger partial charge in [-0.1, -0.05) is 0 Å². The molecule has 0 radical (unpaired) electrons. The Morgan fingerprint density at radius 2 is 2.12 bits per heavy atom. The molecule has 2 rings (SSSR count). The van der Waals surface area contributed by atoms with E-state index in [2.05, 4.69) is 22.0 Å². The van der Waals surface area contributed by atoms with Crippen LogP contribution in [0.2, 0.25) is 0 Å². The molecule has 0 aliphatic heterocycles. The third-order valence-corrected chi connectivity index (χ3v) is 3.98. The Labute approximate surface area is 141 Å². The summed E-state index contributed by atoms with van der Waals surface area (Å²) in [5, 5.41) is 17.7. The van der Waals surface area contributed by atoms with Crippen molar-refractivity contribution < 1.29 is 14.3 Å². The molecule has 1 atom stereocenters. The smallest absolute Gasteiger partial charge is 0.240 e. The van der Waals surface area contributed by atoms with Crippen LogP contribution in [0.25, 0.3) is 0 Å². The monoisotopic (exact) mass is 330 g/mol.